The number of halogens is 1. The molecule has 1 aliphatic heterocycles. The maximum atomic E-state index is 13.8. The van der Waals surface area contributed by atoms with Gasteiger partial charge in [0, 0.05) is 24.6 Å². The number of nitrogens with one attached hydrogen (secondary N) is 1. The molecule has 1 amide bonds. The van der Waals surface area contributed by atoms with Gasteiger partial charge in [0.2, 0.25) is 5.91 Å². The van der Waals surface area contributed by atoms with Crippen LogP contribution >= 0.6 is 0 Å². The Morgan fingerprint density at radius 1 is 1.43 bits per heavy atom. The highest BCUT2D eigenvalue weighted by molar-refractivity contribution is 5.80. The van der Waals surface area contributed by atoms with Gasteiger partial charge >= 0.3 is 0 Å². The molecule has 1 saturated heterocycles. The fourth-order valence-electron chi connectivity index (χ4n) is 2.41. The summed E-state index contributed by atoms with van der Waals surface area (Å²) in [7, 11) is 0. The van der Waals surface area contributed by atoms with Gasteiger partial charge < -0.3 is 10.2 Å². The predicted octanol–water partition coefficient (Wildman–Crippen LogP) is 2.55. The first-order valence-corrected chi connectivity index (χ1v) is 6.69. The number of hydrogen-bond donors (Lipinski definition) is 1. The van der Waals surface area contributed by atoms with Gasteiger partial charge in [-0.25, -0.2) is 4.39 Å². The number of nitro groups is 1. The highest BCUT2D eigenvalue weighted by Crippen LogP contribution is 2.26. The van der Waals surface area contributed by atoms with E-state index in [0.717, 1.165) is 6.07 Å². The molecule has 1 unspecified atom stereocenters. The summed E-state index contributed by atoms with van der Waals surface area (Å²) in [5.74, 6) is -0.673. The lowest BCUT2D eigenvalue weighted by Gasteiger charge is -2.32. The van der Waals surface area contributed by atoms with Gasteiger partial charge in [0.25, 0.3) is 5.69 Å². The zero-order valence-electron chi connectivity index (χ0n) is 12.2. The Labute approximate surface area is 122 Å². The van der Waals surface area contributed by atoms with Crippen LogP contribution in [0.25, 0.3) is 0 Å². The summed E-state index contributed by atoms with van der Waals surface area (Å²) in [6, 6.07) is 3.25. The minimum absolute atomic E-state index is 0.0160. The van der Waals surface area contributed by atoms with E-state index in [2.05, 4.69) is 5.32 Å². The Kier molecular flexibility index (Phi) is 3.85. The fourth-order valence-corrected chi connectivity index (χ4v) is 2.41. The van der Waals surface area contributed by atoms with E-state index in [1.54, 1.807) is 4.90 Å². The molecule has 1 fully saturated rings. The number of likely N-dealkylation sites (tertiary alicyclic amines) is 1. The van der Waals surface area contributed by atoms with Crippen molar-refractivity contribution in [2.45, 2.75) is 38.8 Å². The monoisotopic (exact) mass is 295 g/mol. The first-order valence-electron chi connectivity index (χ1n) is 6.69. The zero-order chi connectivity index (χ0) is 15.8. The molecule has 7 heteroatoms. The number of carbonyl (C=O) groups excluding carboxylic acids is 1. The van der Waals surface area contributed by atoms with Crippen LogP contribution in [0.1, 0.15) is 27.2 Å². The number of non-ortho nitro benzene ring substituents is 1. The number of carbonyl (C=O) groups is 1. The number of amides is 1. The van der Waals surface area contributed by atoms with E-state index < -0.39 is 10.7 Å². The van der Waals surface area contributed by atoms with Crippen LogP contribution in [0, 0.1) is 15.9 Å². The first-order chi connectivity index (χ1) is 9.68. The summed E-state index contributed by atoms with van der Waals surface area (Å²) in [4.78, 5) is 23.6. The molecule has 2 rings (SSSR count). The molecule has 0 spiro atoms. The molecular formula is C14H18FN3O3. The summed E-state index contributed by atoms with van der Waals surface area (Å²) in [5, 5.41) is 13.5. The number of anilines is 1. The molecule has 1 aromatic carbocycles. The van der Waals surface area contributed by atoms with Crippen molar-refractivity contribution < 1.29 is 14.1 Å². The average molecular weight is 295 g/mol. The lowest BCUT2D eigenvalue weighted by Crippen LogP contribution is -2.43. The summed E-state index contributed by atoms with van der Waals surface area (Å²) in [5.41, 5.74) is -0.396. The van der Waals surface area contributed by atoms with Crippen molar-refractivity contribution in [1.82, 2.24) is 4.90 Å². The highest BCUT2D eigenvalue weighted by atomic mass is 19.1. The van der Waals surface area contributed by atoms with Crippen LogP contribution in [0.5, 0.6) is 0 Å². The van der Waals surface area contributed by atoms with Gasteiger partial charge in [-0.1, -0.05) is 0 Å². The molecule has 0 saturated carbocycles. The Hall–Kier alpha value is -2.18. The van der Waals surface area contributed by atoms with Crippen molar-refractivity contribution in [1.29, 1.82) is 0 Å². The number of benzene rings is 1. The Morgan fingerprint density at radius 3 is 2.57 bits per heavy atom. The molecule has 6 nitrogen and oxygen atoms in total. The second-order valence-corrected chi connectivity index (χ2v) is 6.14. The third kappa shape index (κ3) is 3.29. The van der Waals surface area contributed by atoms with E-state index in [-0.39, 0.29) is 35.3 Å². The van der Waals surface area contributed by atoms with Gasteiger partial charge in [-0.05, 0) is 26.8 Å². The first kappa shape index (κ1) is 15.2. The molecule has 1 aromatic rings. The summed E-state index contributed by atoms with van der Waals surface area (Å²) in [6.07, 6.45) is 0.285. The standard InChI is InChI=1S/C14H18FN3O3/c1-14(2,3)17-8-9(6-13(17)19)16-12-5-4-10(18(20)21)7-11(12)15/h4-5,7,9,16H,6,8H2,1-3H3. The molecule has 1 heterocycles. The van der Waals surface area contributed by atoms with Gasteiger partial charge in [0.1, 0.15) is 0 Å². The van der Waals surface area contributed by atoms with Crippen LogP contribution in [0.2, 0.25) is 0 Å². The summed E-state index contributed by atoms with van der Waals surface area (Å²) >= 11 is 0. The van der Waals surface area contributed by atoms with Crippen LogP contribution < -0.4 is 5.32 Å². The fraction of sp³-hybridized carbons (Fsp3) is 0.500. The van der Waals surface area contributed by atoms with Crippen LogP contribution in [-0.2, 0) is 4.79 Å². The van der Waals surface area contributed by atoms with Crippen molar-refractivity contribution in [2.75, 3.05) is 11.9 Å². The lowest BCUT2D eigenvalue weighted by atomic mass is 10.1. The zero-order valence-corrected chi connectivity index (χ0v) is 12.2. The summed E-state index contributed by atoms with van der Waals surface area (Å²) < 4.78 is 13.8. The van der Waals surface area contributed by atoms with E-state index in [1.807, 2.05) is 20.8 Å². The normalized spacial score (nSPS) is 19.0. The predicted molar refractivity (Wildman–Crippen MR) is 76.5 cm³/mol. The van der Waals surface area contributed by atoms with Crippen LogP contribution in [0.3, 0.4) is 0 Å². The Bertz CT molecular complexity index is 583. The number of nitrogens with zero attached hydrogens (tertiary/aromatic N) is 2. The van der Waals surface area contributed by atoms with Crippen molar-refractivity contribution >= 4 is 17.3 Å². The molecule has 0 radical (unpaired) electrons. The van der Waals surface area contributed by atoms with E-state index in [0.29, 0.717) is 6.54 Å². The van der Waals surface area contributed by atoms with Gasteiger partial charge in [0.15, 0.2) is 5.82 Å². The second-order valence-electron chi connectivity index (χ2n) is 6.14. The van der Waals surface area contributed by atoms with E-state index in [1.165, 1.54) is 12.1 Å². The van der Waals surface area contributed by atoms with Crippen LogP contribution in [0.15, 0.2) is 18.2 Å². The molecule has 21 heavy (non-hydrogen) atoms. The molecule has 114 valence electrons. The highest BCUT2D eigenvalue weighted by Gasteiger charge is 2.36. The van der Waals surface area contributed by atoms with Crippen molar-refractivity contribution in [3.8, 4) is 0 Å². The average Bonchev–Trinajstić information content (AvgIpc) is 2.72. The van der Waals surface area contributed by atoms with Gasteiger partial charge in [-0.2, -0.15) is 0 Å². The minimum atomic E-state index is -0.689. The molecule has 1 aliphatic rings. The molecule has 0 aliphatic carbocycles. The Morgan fingerprint density at radius 2 is 2.10 bits per heavy atom. The maximum absolute atomic E-state index is 13.8. The van der Waals surface area contributed by atoms with E-state index in [4.69, 9.17) is 0 Å². The molecule has 0 aromatic heterocycles. The van der Waals surface area contributed by atoms with E-state index >= 15 is 0 Å². The summed E-state index contributed by atoms with van der Waals surface area (Å²) in [6.45, 7) is 6.32. The van der Waals surface area contributed by atoms with Gasteiger partial charge in [0.05, 0.1) is 22.7 Å². The quantitative estimate of drug-likeness (QED) is 0.687. The topological polar surface area (TPSA) is 75.5 Å². The van der Waals surface area contributed by atoms with Crippen molar-refractivity contribution in [3.05, 3.63) is 34.1 Å². The van der Waals surface area contributed by atoms with Crippen molar-refractivity contribution in [3.63, 3.8) is 0 Å². The van der Waals surface area contributed by atoms with Crippen LogP contribution in [-0.4, -0.2) is 33.9 Å². The second kappa shape index (κ2) is 5.31. The molecule has 1 atom stereocenters. The van der Waals surface area contributed by atoms with Crippen LogP contribution in [0.4, 0.5) is 15.8 Å². The molecular weight excluding hydrogens is 277 g/mol. The number of hydrogen-bond acceptors (Lipinski definition) is 4. The van der Waals surface area contributed by atoms with Gasteiger partial charge in [-0.15, -0.1) is 0 Å². The lowest BCUT2D eigenvalue weighted by molar-refractivity contribution is -0.385. The minimum Gasteiger partial charge on any atom is -0.378 e. The number of nitro benzene ring substituents is 1. The Balaban J connectivity index is 2.10. The maximum Gasteiger partial charge on any atom is 0.272 e. The van der Waals surface area contributed by atoms with E-state index in [9.17, 15) is 19.3 Å². The largest absolute Gasteiger partial charge is 0.378 e. The van der Waals surface area contributed by atoms with Gasteiger partial charge in [-0.3, -0.25) is 14.9 Å². The number of rotatable bonds is 3. The molecule has 0 bridgehead atoms. The van der Waals surface area contributed by atoms with Crippen molar-refractivity contribution in [2.24, 2.45) is 0 Å². The SMILES string of the molecule is CC(C)(C)N1CC(Nc2ccc([N+](=O)[O-])cc2F)CC1=O. The molecule has 1 N–H and O–H groups in total. The third-order valence-electron chi connectivity index (χ3n) is 3.46. The smallest absolute Gasteiger partial charge is 0.272 e. The third-order valence-corrected chi connectivity index (χ3v) is 3.46.